The van der Waals surface area contributed by atoms with Crippen molar-refractivity contribution in [3.63, 3.8) is 0 Å². The number of nitrogens with zero attached hydrogens (tertiary/aromatic N) is 2. The molecule has 0 radical (unpaired) electrons. The molecule has 1 amide bonds. The van der Waals surface area contributed by atoms with Crippen molar-refractivity contribution in [2.24, 2.45) is 0 Å². The number of thiazole rings is 1. The Hall–Kier alpha value is -2.87. The van der Waals surface area contributed by atoms with Crippen LogP contribution in [0.5, 0.6) is 11.5 Å². The first-order chi connectivity index (χ1) is 12.5. The first-order valence-corrected chi connectivity index (χ1v) is 8.89. The Morgan fingerprint density at radius 1 is 1.31 bits per heavy atom. The van der Waals surface area contributed by atoms with E-state index in [0.29, 0.717) is 40.7 Å². The molecule has 136 valence electrons. The number of amides is 1. The second kappa shape index (κ2) is 7.57. The molecule has 0 spiro atoms. The predicted molar refractivity (Wildman–Crippen MR) is 99.7 cm³/mol. The molecule has 1 N–H and O–H groups in total. The van der Waals surface area contributed by atoms with E-state index in [0.717, 1.165) is 5.69 Å². The molecule has 0 aliphatic rings. The largest absolute Gasteiger partial charge is 0.493 e. The van der Waals surface area contributed by atoms with Gasteiger partial charge in [-0.2, -0.15) is 0 Å². The quantitative estimate of drug-likeness (QED) is 0.715. The molecule has 26 heavy (non-hydrogen) atoms. The molecule has 3 rings (SSSR count). The zero-order valence-electron chi connectivity index (χ0n) is 14.7. The van der Waals surface area contributed by atoms with E-state index >= 15 is 0 Å². The van der Waals surface area contributed by atoms with Crippen molar-refractivity contribution in [1.82, 2.24) is 14.7 Å². The number of carbonyl (C=O) groups is 1. The molecule has 0 unspecified atom stereocenters. The van der Waals surface area contributed by atoms with Crippen LogP contribution in [0.25, 0.3) is 4.96 Å². The van der Waals surface area contributed by atoms with Crippen LogP contribution in [0.4, 0.5) is 0 Å². The van der Waals surface area contributed by atoms with Crippen LogP contribution >= 0.6 is 11.3 Å². The molecule has 2 heterocycles. The van der Waals surface area contributed by atoms with E-state index in [1.807, 2.05) is 5.38 Å². The van der Waals surface area contributed by atoms with Crippen LogP contribution in [0.3, 0.4) is 0 Å². The molecular weight excluding hydrogens is 354 g/mol. The molecule has 7 nitrogen and oxygen atoms in total. The fourth-order valence-corrected chi connectivity index (χ4v) is 3.70. The lowest BCUT2D eigenvalue weighted by molar-refractivity contribution is 0.0950. The number of aromatic nitrogens is 2. The number of hydrogen-bond donors (Lipinski definition) is 1. The van der Waals surface area contributed by atoms with Gasteiger partial charge in [-0.25, -0.2) is 4.98 Å². The third-order valence-corrected chi connectivity index (χ3v) is 4.79. The van der Waals surface area contributed by atoms with Crippen molar-refractivity contribution in [2.75, 3.05) is 20.8 Å². The summed E-state index contributed by atoms with van der Waals surface area (Å²) in [6.45, 7) is 2.17. The van der Waals surface area contributed by atoms with E-state index in [-0.39, 0.29) is 11.5 Å². The summed E-state index contributed by atoms with van der Waals surface area (Å²) >= 11 is 1.41. The molecular formula is C18H19N3O4S. The lowest BCUT2D eigenvalue weighted by Gasteiger charge is -2.12. The van der Waals surface area contributed by atoms with Crippen molar-refractivity contribution < 1.29 is 14.3 Å². The number of aryl methyl sites for hydroxylation is 1. The van der Waals surface area contributed by atoms with Gasteiger partial charge in [-0.05, 0) is 19.1 Å². The molecule has 3 aromatic rings. The number of methoxy groups -OCH3 is 2. The van der Waals surface area contributed by atoms with E-state index in [9.17, 15) is 9.59 Å². The van der Waals surface area contributed by atoms with Crippen LogP contribution in [0, 0.1) is 6.92 Å². The van der Waals surface area contributed by atoms with Gasteiger partial charge in [0.2, 0.25) is 0 Å². The standard InChI is InChI=1S/C18H19N3O4S/c1-11-9-15(22)21-12(10-26-18(21)20-11)7-8-19-17(23)13-5-4-6-14(24-2)16(13)25-3/h4-6,9-10H,7-8H2,1-3H3,(H,19,23). The summed E-state index contributed by atoms with van der Waals surface area (Å²) < 4.78 is 12.1. The lowest BCUT2D eigenvalue weighted by Crippen LogP contribution is -2.27. The minimum absolute atomic E-state index is 0.107. The van der Waals surface area contributed by atoms with Crippen molar-refractivity contribution in [2.45, 2.75) is 13.3 Å². The smallest absolute Gasteiger partial charge is 0.258 e. The Labute approximate surface area is 154 Å². The van der Waals surface area contributed by atoms with Gasteiger partial charge in [0.15, 0.2) is 16.5 Å². The van der Waals surface area contributed by atoms with Gasteiger partial charge in [-0.3, -0.25) is 14.0 Å². The SMILES string of the molecule is COc1cccc(C(=O)NCCc2csc3nc(C)cc(=O)n23)c1OC. The number of rotatable bonds is 6. The van der Waals surface area contributed by atoms with Gasteiger partial charge < -0.3 is 14.8 Å². The van der Waals surface area contributed by atoms with Crippen LogP contribution in [-0.4, -0.2) is 36.1 Å². The topological polar surface area (TPSA) is 81.9 Å². The monoisotopic (exact) mass is 373 g/mol. The molecule has 2 aromatic heterocycles. The molecule has 0 atom stereocenters. The van der Waals surface area contributed by atoms with E-state index in [1.54, 1.807) is 29.5 Å². The van der Waals surface area contributed by atoms with Gasteiger partial charge in [0.25, 0.3) is 11.5 Å². The van der Waals surface area contributed by atoms with E-state index in [4.69, 9.17) is 9.47 Å². The highest BCUT2D eigenvalue weighted by Crippen LogP contribution is 2.30. The zero-order valence-corrected chi connectivity index (χ0v) is 15.6. The number of hydrogen-bond acceptors (Lipinski definition) is 6. The summed E-state index contributed by atoms with van der Waals surface area (Å²) in [5.74, 6) is 0.628. The maximum atomic E-state index is 12.5. The van der Waals surface area contributed by atoms with E-state index < -0.39 is 0 Å². The highest BCUT2D eigenvalue weighted by molar-refractivity contribution is 7.15. The van der Waals surface area contributed by atoms with Gasteiger partial charge >= 0.3 is 0 Å². The second-order valence-corrected chi connectivity index (χ2v) is 6.46. The minimum atomic E-state index is -0.262. The molecule has 0 aliphatic carbocycles. The summed E-state index contributed by atoms with van der Waals surface area (Å²) in [7, 11) is 3.02. The predicted octanol–water partition coefficient (Wildman–Crippen LogP) is 2.05. The summed E-state index contributed by atoms with van der Waals surface area (Å²) in [6, 6.07) is 6.64. The number of ether oxygens (including phenoxy) is 2. The first-order valence-electron chi connectivity index (χ1n) is 8.01. The zero-order chi connectivity index (χ0) is 18.7. The molecule has 0 fully saturated rings. The summed E-state index contributed by atoms with van der Waals surface area (Å²) in [5, 5.41) is 4.74. The minimum Gasteiger partial charge on any atom is -0.493 e. The third-order valence-electron chi connectivity index (χ3n) is 3.92. The van der Waals surface area contributed by atoms with Crippen molar-refractivity contribution in [1.29, 1.82) is 0 Å². The molecule has 1 aromatic carbocycles. The normalized spacial score (nSPS) is 10.7. The van der Waals surface area contributed by atoms with Crippen LogP contribution in [0.1, 0.15) is 21.7 Å². The van der Waals surface area contributed by atoms with Crippen LogP contribution in [0.15, 0.2) is 34.4 Å². The van der Waals surface area contributed by atoms with Crippen LogP contribution in [-0.2, 0) is 6.42 Å². The Bertz CT molecular complexity index is 1010. The summed E-state index contributed by atoms with van der Waals surface area (Å²) in [6.07, 6.45) is 0.517. The lowest BCUT2D eigenvalue weighted by atomic mass is 10.1. The molecule has 0 saturated heterocycles. The van der Waals surface area contributed by atoms with Crippen molar-refractivity contribution in [3.05, 3.63) is 57.0 Å². The number of carbonyl (C=O) groups excluding carboxylic acids is 1. The highest BCUT2D eigenvalue weighted by atomic mass is 32.1. The van der Waals surface area contributed by atoms with E-state index in [2.05, 4.69) is 10.3 Å². The highest BCUT2D eigenvalue weighted by Gasteiger charge is 2.16. The Morgan fingerprint density at radius 3 is 2.85 bits per heavy atom. The number of fused-ring (bicyclic) bond motifs is 1. The molecule has 8 heteroatoms. The van der Waals surface area contributed by atoms with Crippen LogP contribution in [0.2, 0.25) is 0 Å². The average molecular weight is 373 g/mol. The van der Waals surface area contributed by atoms with E-state index in [1.165, 1.54) is 31.6 Å². The van der Waals surface area contributed by atoms with Gasteiger partial charge in [-0.15, -0.1) is 11.3 Å². The van der Waals surface area contributed by atoms with Gasteiger partial charge in [0.05, 0.1) is 19.8 Å². The number of benzene rings is 1. The first kappa shape index (κ1) is 17.9. The van der Waals surface area contributed by atoms with Crippen LogP contribution < -0.4 is 20.3 Å². The molecule has 0 bridgehead atoms. The number of para-hydroxylation sites is 1. The second-order valence-electron chi connectivity index (χ2n) is 5.63. The Kier molecular flexibility index (Phi) is 5.22. The van der Waals surface area contributed by atoms with Gasteiger partial charge in [-0.1, -0.05) is 6.07 Å². The van der Waals surface area contributed by atoms with Crippen molar-refractivity contribution in [3.8, 4) is 11.5 Å². The summed E-state index contributed by atoms with van der Waals surface area (Å²) in [4.78, 5) is 29.6. The molecule has 0 aliphatic heterocycles. The summed E-state index contributed by atoms with van der Waals surface area (Å²) in [5.41, 5.74) is 1.81. The molecule has 0 saturated carbocycles. The van der Waals surface area contributed by atoms with Crippen molar-refractivity contribution >= 4 is 22.2 Å². The fourth-order valence-electron chi connectivity index (χ4n) is 2.72. The Balaban J connectivity index is 1.73. The number of nitrogens with one attached hydrogen (secondary N) is 1. The maximum absolute atomic E-state index is 12.5. The average Bonchev–Trinajstić information content (AvgIpc) is 3.03. The Morgan fingerprint density at radius 2 is 2.12 bits per heavy atom. The van der Waals surface area contributed by atoms with Gasteiger partial charge in [0, 0.05) is 35.8 Å². The maximum Gasteiger partial charge on any atom is 0.258 e. The fraction of sp³-hybridized carbons (Fsp3) is 0.278. The third kappa shape index (κ3) is 3.41. The van der Waals surface area contributed by atoms with Gasteiger partial charge in [0.1, 0.15) is 0 Å².